The lowest BCUT2D eigenvalue weighted by molar-refractivity contribution is 0.00578. The van der Waals surface area contributed by atoms with E-state index in [1.54, 1.807) is 18.3 Å². The predicted molar refractivity (Wildman–Crippen MR) is 94.3 cm³/mol. The number of carbonyl (C=O) groups excluding carboxylic acids is 1. The molecule has 1 N–H and O–H groups in total. The summed E-state index contributed by atoms with van der Waals surface area (Å²) >= 11 is 0. The van der Waals surface area contributed by atoms with Gasteiger partial charge in [-0.15, -0.1) is 0 Å². The zero-order valence-corrected chi connectivity index (χ0v) is 14.4. The second kappa shape index (κ2) is 6.04. The van der Waals surface area contributed by atoms with E-state index in [2.05, 4.69) is 10.3 Å². The standard InChI is InChI=1S/C18H21BN2O3/c1-17(2)18(3,4)24-19(23-17)14-7-9-15(10-8-14)21-16(22)13-6-5-11-20-12-13/h5-12H,1-4H3,(H,21,22). The van der Waals surface area contributed by atoms with E-state index in [0.717, 1.165) is 5.46 Å². The number of rotatable bonds is 3. The van der Waals surface area contributed by atoms with Gasteiger partial charge in [0.15, 0.2) is 0 Å². The molecular weight excluding hydrogens is 303 g/mol. The largest absolute Gasteiger partial charge is 0.494 e. The molecule has 1 saturated heterocycles. The van der Waals surface area contributed by atoms with Crippen molar-refractivity contribution in [3.8, 4) is 0 Å². The van der Waals surface area contributed by atoms with Gasteiger partial charge in [0, 0.05) is 18.1 Å². The molecule has 24 heavy (non-hydrogen) atoms. The summed E-state index contributed by atoms with van der Waals surface area (Å²) in [5.74, 6) is -0.188. The molecule has 1 amide bonds. The van der Waals surface area contributed by atoms with Crippen molar-refractivity contribution in [1.82, 2.24) is 4.98 Å². The minimum absolute atomic E-state index is 0.188. The molecule has 1 fully saturated rings. The Hall–Kier alpha value is -2.18. The number of carbonyl (C=O) groups is 1. The van der Waals surface area contributed by atoms with Crippen LogP contribution in [0.4, 0.5) is 5.69 Å². The molecule has 1 aliphatic heterocycles. The summed E-state index contributed by atoms with van der Waals surface area (Å²) < 4.78 is 12.0. The van der Waals surface area contributed by atoms with Crippen molar-refractivity contribution >= 4 is 24.2 Å². The Kier molecular flexibility index (Phi) is 4.19. The van der Waals surface area contributed by atoms with Crippen LogP contribution < -0.4 is 10.8 Å². The van der Waals surface area contributed by atoms with Crippen LogP contribution in [0.15, 0.2) is 48.8 Å². The molecule has 2 heterocycles. The molecule has 124 valence electrons. The SMILES string of the molecule is CC1(C)OB(c2ccc(NC(=O)c3cccnc3)cc2)OC1(C)C. The van der Waals surface area contributed by atoms with E-state index in [9.17, 15) is 4.79 Å². The van der Waals surface area contributed by atoms with Gasteiger partial charge in [-0.25, -0.2) is 0 Å². The third-order valence-corrected chi connectivity index (χ3v) is 4.62. The third-order valence-electron chi connectivity index (χ3n) is 4.62. The van der Waals surface area contributed by atoms with Gasteiger partial charge in [0.25, 0.3) is 5.91 Å². The molecule has 0 unspecified atom stereocenters. The van der Waals surface area contributed by atoms with Gasteiger partial charge in [-0.2, -0.15) is 0 Å². The summed E-state index contributed by atoms with van der Waals surface area (Å²) in [5, 5.41) is 2.85. The fourth-order valence-corrected chi connectivity index (χ4v) is 2.40. The molecule has 2 aromatic rings. The van der Waals surface area contributed by atoms with E-state index in [1.807, 2.05) is 52.0 Å². The first-order chi connectivity index (χ1) is 11.3. The Morgan fingerprint density at radius 1 is 1.04 bits per heavy atom. The molecule has 3 rings (SSSR count). The van der Waals surface area contributed by atoms with Crippen LogP contribution in [-0.4, -0.2) is 29.2 Å². The molecule has 5 nitrogen and oxygen atoms in total. The minimum atomic E-state index is -0.405. The van der Waals surface area contributed by atoms with Crippen LogP contribution in [-0.2, 0) is 9.31 Å². The number of benzene rings is 1. The number of nitrogens with one attached hydrogen (secondary N) is 1. The highest BCUT2D eigenvalue weighted by atomic mass is 16.7. The summed E-state index contributed by atoms with van der Waals surface area (Å²) in [4.78, 5) is 16.1. The topological polar surface area (TPSA) is 60.5 Å². The highest BCUT2D eigenvalue weighted by Gasteiger charge is 2.51. The normalized spacial score (nSPS) is 18.4. The molecule has 0 bridgehead atoms. The second-order valence-corrected chi connectivity index (χ2v) is 6.91. The molecule has 0 atom stereocenters. The minimum Gasteiger partial charge on any atom is -0.399 e. The first-order valence-corrected chi connectivity index (χ1v) is 7.95. The number of hydrogen-bond donors (Lipinski definition) is 1. The molecule has 0 spiro atoms. The smallest absolute Gasteiger partial charge is 0.399 e. The number of aromatic nitrogens is 1. The van der Waals surface area contributed by atoms with Gasteiger partial charge >= 0.3 is 7.12 Å². The summed E-state index contributed by atoms with van der Waals surface area (Å²) in [5.41, 5.74) is 1.42. The fraction of sp³-hybridized carbons (Fsp3) is 0.333. The summed E-state index contributed by atoms with van der Waals surface area (Å²) in [7, 11) is -0.405. The van der Waals surface area contributed by atoms with Crippen LogP contribution >= 0.6 is 0 Å². The molecule has 6 heteroatoms. The van der Waals surface area contributed by atoms with Gasteiger partial charge in [0.2, 0.25) is 0 Å². The van der Waals surface area contributed by atoms with Crippen molar-refractivity contribution in [2.45, 2.75) is 38.9 Å². The number of amides is 1. The van der Waals surface area contributed by atoms with Gasteiger partial charge in [-0.05, 0) is 57.4 Å². The Bertz CT molecular complexity index is 714. The monoisotopic (exact) mass is 324 g/mol. The van der Waals surface area contributed by atoms with Crippen LogP contribution in [0.3, 0.4) is 0 Å². The molecule has 1 aromatic carbocycles. The highest BCUT2D eigenvalue weighted by Crippen LogP contribution is 2.36. The van der Waals surface area contributed by atoms with Crippen molar-refractivity contribution in [3.05, 3.63) is 54.4 Å². The number of anilines is 1. The zero-order chi connectivity index (χ0) is 17.4. The summed E-state index contributed by atoms with van der Waals surface area (Å²) in [6, 6.07) is 10.9. The number of hydrogen-bond acceptors (Lipinski definition) is 4. The van der Waals surface area contributed by atoms with E-state index >= 15 is 0 Å². The second-order valence-electron chi connectivity index (χ2n) is 6.91. The van der Waals surface area contributed by atoms with E-state index in [1.165, 1.54) is 6.20 Å². The first kappa shape index (κ1) is 16.7. The van der Waals surface area contributed by atoms with Gasteiger partial charge < -0.3 is 14.6 Å². The Morgan fingerprint density at radius 2 is 1.67 bits per heavy atom. The summed E-state index contributed by atoms with van der Waals surface area (Å²) in [6.45, 7) is 8.09. The predicted octanol–water partition coefficient (Wildman–Crippen LogP) is 2.63. The maximum absolute atomic E-state index is 12.1. The highest BCUT2D eigenvalue weighted by molar-refractivity contribution is 6.62. The van der Waals surface area contributed by atoms with Crippen molar-refractivity contribution in [2.24, 2.45) is 0 Å². The Labute approximate surface area is 142 Å². The lowest BCUT2D eigenvalue weighted by atomic mass is 9.79. The average Bonchev–Trinajstić information content (AvgIpc) is 2.77. The van der Waals surface area contributed by atoms with Crippen LogP contribution in [0.5, 0.6) is 0 Å². The van der Waals surface area contributed by atoms with Crippen molar-refractivity contribution in [3.63, 3.8) is 0 Å². The maximum Gasteiger partial charge on any atom is 0.494 e. The number of nitrogens with zero attached hydrogens (tertiary/aromatic N) is 1. The molecular formula is C18H21BN2O3. The Balaban J connectivity index is 1.70. The van der Waals surface area contributed by atoms with Crippen molar-refractivity contribution < 1.29 is 14.1 Å². The quantitative estimate of drug-likeness (QED) is 0.882. The zero-order valence-electron chi connectivity index (χ0n) is 14.4. The van der Waals surface area contributed by atoms with E-state index in [4.69, 9.17) is 9.31 Å². The molecule has 1 aliphatic rings. The van der Waals surface area contributed by atoms with Gasteiger partial charge in [0.05, 0.1) is 16.8 Å². The van der Waals surface area contributed by atoms with E-state index < -0.39 is 7.12 Å². The molecule has 0 aliphatic carbocycles. The van der Waals surface area contributed by atoms with Crippen LogP contribution in [0.1, 0.15) is 38.1 Å². The Morgan fingerprint density at radius 3 is 2.21 bits per heavy atom. The van der Waals surface area contributed by atoms with Gasteiger partial charge in [-0.1, -0.05) is 12.1 Å². The lowest BCUT2D eigenvalue weighted by Crippen LogP contribution is -2.41. The van der Waals surface area contributed by atoms with Crippen molar-refractivity contribution in [2.75, 3.05) is 5.32 Å². The van der Waals surface area contributed by atoms with Crippen LogP contribution in [0.25, 0.3) is 0 Å². The maximum atomic E-state index is 12.1. The fourth-order valence-electron chi connectivity index (χ4n) is 2.40. The van der Waals surface area contributed by atoms with E-state index in [0.29, 0.717) is 11.3 Å². The molecule has 1 aromatic heterocycles. The number of pyridine rings is 1. The average molecular weight is 324 g/mol. The van der Waals surface area contributed by atoms with Gasteiger partial charge in [0.1, 0.15) is 0 Å². The third kappa shape index (κ3) is 3.20. The van der Waals surface area contributed by atoms with Crippen LogP contribution in [0, 0.1) is 0 Å². The molecule has 0 saturated carbocycles. The van der Waals surface area contributed by atoms with E-state index in [-0.39, 0.29) is 17.1 Å². The first-order valence-electron chi connectivity index (χ1n) is 7.95. The van der Waals surface area contributed by atoms with Crippen molar-refractivity contribution in [1.29, 1.82) is 0 Å². The lowest BCUT2D eigenvalue weighted by Gasteiger charge is -2.32. The van der Waals surface area contributed by atoms with Gasteiger partial charge in [-0.3, -0.25) is 9.78 Å². The molecule has 0 radical (unpaired) electrons. The summed E-state index contributed by atoms with van der Waals surface area (Å²) in [6.07, 6.45) is 3.17. The van der Waals surface area contributed by atoms with Crippen LogP contribution in [0.2, 0.25) is 0 Å².